The van der Waals surface area contributed by atoms with Crippen LogP contribution in [0.25, 0.3) is 11.0 Å². The fourth-order valence-corrected chi connectivity index (χ4v) is 1.86. The monoisotopic (exact) mass is 248 g/mol. The smallest absolute Gasteiger partial charge is 0.338 e. The van der Waals surface area contributed by atoms with Crippen molar-refractivity contribution in [3.8, 4) is 0 Å². The highest BCUT2D eigenvalue weighted by atomic mass is 16.4. The molecule has 2 rings (SSSR count). The van der Waals surface area contributed by atoms with Crippen LogP contribution in [0.4, 0.5) is 0 Å². The predicted octanol–water partition coefficient (Wildman–Crippen LogP) is 1.62. The van der Waals surface area contributed by atoms with E-state index in [1.54, 1.807) is 6.07 Å². The number of aromatic amines is 1. The van der Waals surface area contributed by atoms with Crippen molar-refractivity contribution in [1.29, 1.82) is 0 Å². The number of benzene rings is 1. The van der Waals surface area contributed by atoms with Crippen LogP contribution in [0.5, 0.6) is 0 Å². The summed E-state index contributed by atoms with van der Waals surface area (Å²) in [6.07, 6.45) is 1.38. The first-order chi connectivity index (χ1) is 8.35. The number of carbonyl (C=O) groups is 2. The fraction of sp³-hybridized carbons (Fsp3) is 0.250. The molecule has 0 bridgehead atoms. The Morgan fingerprint density at radius 2 is 1.94 bits per heavy atom. The van der Waals surface area contributed by atoms with Gasteiger partial charge in [-0.3, -0.25) is 4.79 Å². The minimum Gasteiger partial charge on any atom is -0.481 e. The van der Waals surface area contributed by atoms with Gasteiger partial charge in [-0.2, -0.15) is 0 Å². The molecule has 0 atom stereocenters. The third-order valence-corrected chi connectivity index (χ3v) is 3.01. The van der Waals surface area contributed by atoms with Crippen molar-refractivity contribution in [1.82, 2.24) is 9.97 Å². The van der Waals surface area contributed by atoms with Crippen molar-refractivity contribution in [2.24, 2.45) is 0 Å². The zero-order chi connectivity index (χ0) is 13.5. The van der Waals surface area contributed by atoms with Crippen LogP contribution in [0.2, 0.25) is 0 Å². The van der Waals surface area contributed by atoms with Crippen LogP contribution >= 0.6 is 0 Å². The lowest BCUT2D eigenvalue weighted by Gasteiger charge is -2.21. The van der Waals surface area contributed by atoms with Gasteiger partial charge in [-0.1, -0.05) is 6.07 Å². The quantitative estimate of drug-likeness (QED) is 0.765. The van der Waals surface area contributed by atoms with E-state index < -0.39 is 17.4 Å². The van der Waals surface area contributed by atoms with E-state index in [4.69, 9.17) is 0 Å². The molecule has 0 spiro atoms. The molecule has 1 aromatic carbocycles. The second-order valence-electron chi connectivity index (χ2n) is 4.52. The van der Waals surface area contributed by atoms with Crippen molar-refractivity contribution in [3.05, 3.63) is 29.6 Å². The predicted molar refractivity (Wildman–Crippen MR) is 63.7 cm³/mol. The van der Waals surface area contributed by atoms with E-state index in [2.05, 4.69) is 9.97 Å². The molecule has 3 N–H and O–H groups in total. The van der Waals surface area contributed by atoms with Crippen LogP contribution in [-0.4, -0.2) is 32.1 Å². The molecule has 0 radical (unpaired) electrons. The van der Waals surface area contributed by atoms with E-state index in [-0.39, 0.29) is 16.6 Å². The summed E-state index contributed by atoms with van der Waals surface area (Å²) < 4.78 is 0. The number of aromatic nitrogens is 2. The molecule has 0 aliphatic rings. The second-order valence-corrected chi connectivity index (χ2v) is 4.52. The van der Waals surface area contributed by atoms with Crippen molar-refractivity contribution in [2.45, 2.75) is 19.3 Å². The summed E-state index contributed by atoms with van der Waals surface area (Å²) in [7, 11) is 0. The number of aromatic carboxylic acids is 1. The van der Waals surface area contributed by atoms with Crippen LogP contribution < -0.4 is 0 Å². The van der Waals surface area contributed by atoms with Gasteiger partial charge in [-0.05, 0) is 25.5 Å². The molecule has 1 heterocycles. The van der Waals surface area contributed by atoms with Gasteiger partial charge in [0.05, 0.1) is 22.8 Å². The highest BCUT2D eigenvalue weighted by Gasteiger charge is 2.34. The third-order valence-electron chi connectivity index (χ3n) is 3.01. The van der Waals surface area contributed by atoms with E-state index in [0.29, 0.717) is 5.52 Å². The Balaban J connectivity index is 2.82. The number of nitrogens with zero attached hydrogens (tertiary/aromatic N) is 1. The van der Waals surface area contributed by atoms with Gasteiger partial charge in [0.1, 0.15) is 5.52 Å². The molecule has 94 valence electrons. The van der Waals surface area contributed by atoms with Crippen molar-refractivity contribution in [3.63, 3.8) is 0 Å². The van der Waals surface area contributed by atoms with E-state index in [9.17, 15) is 19.8 Å². The molecule has 0 unspecified atom stereocenters. The first-order valence-electron chi connectivity index (χ1n) is 5.29. The van der Waals surface area contributed by atoms with Gasteiger partial charge < -0.3 is 15.2 Å². The van der Waals surface area contributed by atoms with Gasteiger partial charge in [-0.25, -0.2) is 9.78 Å². The molecule has 6 heteroatoms. The lowest BCUT2D eigenvalue weighted by molar-refractivity contribution is -0.142. The Bertz CT molecular complexity index is 643. The summed E-state index contributed by atoms with van der Waals surface area (Å²) in [5.74, 6) is -2.27. The molecule has 0 saturated carbocycles. The molecule has 18 heavy (non-hydrogen) atoms. The first-order valence-corrected chi connectivity index (χ1v) is 5.29. The number of rotatable bonds is 3. The van der Waals surface area contributed by atoms with Crippen LogP contribution in [0.15, 0.2) is 18.5 Å². The Kier molecular flexibility index (Phi) is 2.58. The number of carboxylic acids is 2. The number of imidazole rings is 1. The number of nitrogens with one attached hydrogen (secondary N) is 1. The van der Waals surface area contributed by atoms with Crippen molar-refractivity contribution >= 4 is 23.0 Å². The van der Waals surface area contributed by atoms with Gasteiger partial charge in [0, 0.05) is 0 Å². The summed E-state index contributed by atoms with van der Waals surface area (Å²) in [6, 6.07) is 3.15. The maximum absolute atomic E-state index is 11.4. The minimum absolute atomic E-state index is 0.0684. The molecule has 6 nitrogen and oxygen atoms in total. The molecule has 0 fully saturated rings. The summed E-state index contributed by atoms with van der Waals surface area (Å²) in [5, 5.41) is 18.5. The molecule has 1 aromatic heterocycles. The summed E-state index contributed by atoms with van der Waals surface area (Å²) >= 11 is 0. The second kappa shape index (κ2) is 3.83. The average Bonchev–Trinajstić information content (AvgIpc) is 2.74. The fourth-order valence-electron chi connectivity index (χ4n) is 1.86. The maximum Gasteiger partial charge on any atom is 0.338 e. The van der Waals surface area contributed by atoms with Gasteiger partial charge in [0.15, 0.2) is 0 Å². The van der Waals surface area contributed by atoms with E-state index in [1.165, 1.54) is 26.2 Å². The van der Waals surface area contributed by atoms with Crippen LogP contribution in [0.1, 0.15) is 29.8 Å². The number of fused-ring (bicyclic) bond motifs is 1. The molecule has 2 aromatic rings. The standard InChI is InChI=1S/C12H12N2O4/c1-12(2,11(17)18)6-3-4-7-9(14-5-13-7)8(6)10(15)16/h3-5H,1-2H3,(H,13,14)(H,15,16)(H,17,18). The first kappa shape index (κ1) is 12.1. The van der Waals surface area contributed by atoms with Gasteiger partial charge in [0.2, 0.25) is 0 Å². The SMILES string of the molecule is CC(C)(C(=O)O)c1ccc2[nH]cnc2c1C(=O)O. The molecule has 0 amide bonds. The summed E-state index contributed by atoms with van der Waals surface area (Å²) in [4.78, 5) is 29.4. The van der Waals surface area contributed by atoms with Crippen LogP contribution in [0, 0.1) is 0 Å². The normalized spacial score (nSPS) is 11.7. The van der Waals surface area contributed by atoms with E-state index in [0.717, 1.165) is 0 Å². The van der Waals surface area contributed by atoms with Gasteiger partial charge in [-0.15, -0.1) is 0 Å². The Morgan fingerprint density at radius 1 is 1.28 bits per heavy atom. The number of aliphatic carboxylic acids is 1. The Labute approximate surface area is 102 Å². The zero-order valence-electron chi connectivity index (χ0n) is 9.89. The lowest BCUT2D eigenvalue weighted by Crippen LogP contribution is -2.30. The van der Waals surface area contributed by atoms with Gasteiger partial charge >= 0.3 is 11.9 Å². The van der Waals surface area contributed by atoms with Crippen LogP contribution in [0.3, 0.4) is 0 Å². The van der Waals surface area contributed by atoms with Crippen molar-refractivity contribution < 1.29 is 19.8 Å². The number of H-pyrrole nitrogens is 1. The van der Waals surface area contributed by atoms with E-state index >= 15 is 0 Å². The maximum atomic E-state index is 11.4. The molecule has 0 aliphatic carbocycles. The zero-order valence-corrected chi connectivity index (χ0v) is 9.89. The minimum atomic E-state index is -1.29. The Hall–Kier alpha value is -2.37. The number of hydrogen-bond acceptors (Lipinski definition) is 3. The largest absolute Gasteiger partial charge is 0.481 e. The highest BCUT2D eigenvalue weighted by molar-refractivity contribution is 6.04. The van der Waals surface area contributed by atoms with Crippen molar-refractivity contribution in [2.75, 3.05) is 0 Å². The number of hydrogen-bond donors (Lipinski definition) is 3. The lowest BCUT2D eigenvalue weighted by atomic mass is 9.81. The van der Waals surface area contributed by atoms with Gasteiger partial charge in [0.25, 0.3) is 0 Å². The molecular formula is C12H12N2O4. The summed E-state index contributed by atoms with van der Waals surface area (Å²) in [6.45, 7) is 2.94. The topological polar surface area (TPSA) is 103 Å². The average molecular weight is 248 g/mol. The molecular weight excluding hydrogens is 236 g/mol. The Morgan fingerprint density at radius 3 is 2.50 bits per heavy atom. The third kappa shape index (κ3) is 1.62. The van der Waals surface area contributed by atoms with Crippen LogP contribution in [-0.2, 0) is 10.2 Å². The highest BCUT2D eigenvalue weighted by Crippen LogP contribution is 2.30. The van der Waals surface area contributed by atoms with E-state index in [1.807, 2.05) is 0 Å². The molecule has 0 aliphatic heterocycles. The summed E-state index contributed by atoms with van der Waals surface area (Å²) in [5.41, 5.74) is -0.282. The number of carboxylic acid groups (broad SMARTS) is 2. The molecule has 0 saturated heterocycles.